The Bertz CT molecular complexity index is 2210. The van der Waals surface area contributed by atoms with Crippen molar-refractivity contribution in [2.24, 2.45) is 0 Å². The van der Waals surface area contributed by atoms with E-state index in [9.17, 15) is 0 Å². The fraction of sp³-hybridized carbons (Fsp3) is 0.0244. The lowest BCUT2D eigenvalue weighted by Crippen LogP contribution is -1.96. The number of hydrogen-bond acceptors (Lipinski definition) is 3. The van der Waals surface area contributed by atoms with E-state index < -0.39 is 0 Å². The Morgan fingerprint density at radius 2 is 0.955 bits per heavy atom. The van der Waals surface area contributed by atoms with Gasteiger partial charge >= 0.3 is 0 Å². The summed E-state index contributed by atoms with van der Waals surface area (Å²) in [5.41, 5.74) is 12.4. The van der Waals surface area contributed by atoms with Crippen LogP contribution in [0.5, 0.6) is 0 Å². The Hall–Kier alpha value is -5.80. The Labute approximate surface area is 256 Å². The molecule has 6 aromatic carbocycles. The molecule has 0 aliphatic heterocycles. The zero-order valence-corrected chi connectivity index (χ0v) is 24.2. The molecule has 8 rings (SSSR count). The molecule has 3 nitrogen and oxygen atoms in total. The summed E-state index contributed by atoms with van der Waals surface area (Å²) >= 11 is 0. The van der Waals surface area contributed by atoms with Crippen molar-refractivity contribution in [1.82, 2.24) is 9.97 Å². The Morgan fingerprint density at radius 3 is 1.70 bits per heavy atom. The maximum Gasteiger partial charge on any atom is 0.160 e. The number of benzene rings is 6. The molecule has 0 N–H and O–H groups in total. The fourth-order valence-electron chi connectivity index (χ4n) is 5.83. The summed E-state index contributed by atoms with van der Waals surface area (Å²) in [6, 6.07) is 52.8. The molecular formula is C41H28N2O. The van der Waals surface area contributed by atoms with E-state index in [4.69, 9.17) is 14.4 Å². The number of hydrogen-bond donors (Lipinski definition) is 0. The summed E-state index contributed by atoms with van der Waals surface area (Å²) < 4.78 is 6.13. The molecule has 2 aromatic heterocycles. The molecule has 0 aliphatic carbocycles. The molecule has 208 valence electrons. The summed E-state index contributed by atoms with van der Waals surface area (Å²) in [4.78, 5) is 10.1. The van der Waals surface area contributed by atoms with Crippen LogP contribution < -0.4 is 0 Å². The van der Waals surface area contributed by atoms with Crippen molar-refractivity contribution >= 4 is 21.9 Å². The highest BCUT2D eigenvalue weighted by atomic mass is 16.3. The minimum absolute atomic E-state index is 0.704. The zero-order chi connectivity index (χ0) is 29.5. The van der Waals surface area contributed by atoms with Crippen molar-refractivity contribution in [3.8, 4) is 56.2 Å². The minimum Gasteiger partial charge on any atom is -0.456 e. The van der Waals surface area contributed by atoms with Gasteiger partial charge in [0.25, 0.3) is 0 Å². The van der Waals surface area contributed by atoms with Gasteiger partial charge in [-0.3, -0.25) is 0 Å². The van der Waals surface area contributed by atoms with Gasteiger partial charge in [-0.15, -0.1) is 0 Å². The first-order valence-corrected chi connectivity index (χ1v) is 14.8. The predicted molar refractivity (Wildman–Crippen MR) is 181 cm³/mol. The molecule has 0 saturated carbocycles. The SMILES string of the molecule is Cc1ccc(-c2cc(-c3ccc4oc5ccccc5c4c3)cc(-c3cc(-c4ccccc4)nc(-c4ccccc4)n3)c2)cc1. The fourth-order valence-corrected chi connectivity index (χ4v) is 5.83. The number of aromatic nitrogens is 2. The zero-order valence-electron chi connectivity index (χ0n) is 24.2. The Kier molecular flexibility index (Phi) is 6.35. The van der Waals surface area contributed by atoms with Crippen LogP contribution in [0.15, 0.2) is 156 Å². The number of furan rings is 1. The minimum atomic E-state index is 0.704. The molecule has 8 aromatic rings. The van der Waals surface area contributed by atoms with Crippen molar-refractivity contribution in [3.05, 3.63) is 157 Å². The summed E-state index contributed by atoms with van der Waals surface area (Å²) in [5.74, 6) is 0.704. The van der Waals surface area contributed by atoms with E-state index in [0.717, 1.165) is 72.3 Å². The number of aryl methyl sites for hydroxylation is 1. The number of rotatable bonds is 5. The van der Waals surface area contributed by atoms with E-state index in [0.29, 0.717) is 5.82 Å². The van der Waals surface area contributed by atoms with Crippen LogP contribution in [0.4, 0.5) is 0 Å². The third-order valence-corrected chi connectivity index (χ3v) is 8.15. The van der Waals surface area contributed by atoms with Crippen molar-refractivity contribution < 1.29 is 4.42 Å². The first-order chi connectivity index (χ1) is 21.7. The molecule has 0 bridgehead atoms. The van der Waals surface area contributed by atoms with Gasteiger partial charge in [0.2, 0.25) is 0 Å². The molecule has 2 heterocycles. The van der Waals surface area contributed by atoms with Gasteiger partial charge in [-0.2, -0.15) is 0 Å². The smallest absolute Gasteiger partial charge is 0.160 e. The highest BCUT2D eigenvalue weighted by Crippen LogP contribution is 2.37. The highest BCUT2D eigenvalue weighted by molar-refractivity contribution is 6.06. The number of fused-ring (bicyclic) bond motifs is 3. The second kappa shape index (κ2) is 10.8. The van der Waals surface area contributed by atoms with Crippen molar-refractivity contribution in [3.63, 3.8) is 0 Å². The lowest BCUT2D eigenvalue weighted by atomic mass is 9.93. The molecule has 0 fully saturated rings. The molecule has 3 heteroatoms. The molecule has 0 radical (unpaired) electrons. The van der Waals surface area contributed by atoms with Crippen LogP contribution in [0.25, 0.3) is 78.1 Å². The third-order valence-electron chi connectivity index (χ3n) is 8.15. The lowest BCUT2D eigenvalue weighted by Gasteiger charge is -2.13. The molecule has 0 unspecified atom stereocenters. The molecule has 0 atom stereocenters. The first-order valence-electron chi connectivity index (χ1n) is 14.8. The average Bonchev–Trinajstić information content (AvgIpc) is 3.47. The van der Waals surface area contributed by atoms with Gasteiger partial charge in [-0.1, -0.05) is 115 Å². The summed E-state index contributed by atoms with van der Waals surface area (Å²) in [6.07, 6.45) is 0. The molecule has 0 amide bonds. The van der Waals surface area contributed by atoms with E-state index in [1.165, 1.54) is 5.56 Å². The van der Waals surface area contributed by atoms with Gasteiger partial charge in [-0.05, 0) is 71.6 Å². The lowest BCUT2D eigenvalue weighted by molar-refractivity contribution is 0.669. The highest BCUT2D eigenvalue weighted by Gasteiger charge is 2.15. The predicted octanol–water partition coefficient (Wildman–Crippen LogP) is 11.0. The Morgan fingerprint density at radius 1 is 0.386 bits per heavy atom. The third kappa shape index (κ3) is 4.85. The van der Waals surface area contributed by atoms with Gasteiger partial charge in [0.1, 0.15) is 11.2 Å². The number of para-hydroxylation sites is 1. The van der Waals surface area contributed by atoms with Crippen LogP contribution in [0.2, 0.25) is 0 Å². The van der Waals surface area contributed by atoms with E-state index in [1.807, 2.05) is 48.5 Å². The van der Waals surface area contributed by atoms with Gasteiger partial charge in [0.15, 0.2) is 5.82 Å². The average molecular weight is 565 g/mol. The van der Waals surface area contributed by atoms with Crippen LogP contribution in [0.3, 0.4) is 0 Å². The van der Waals surface area contributed by atoms with Crippen molar-refractivity contribution in [2.75, 3.05) is 0 Å². The standard InChI is InChI=1S/C41H28N2O/c1-27-16-18-28(19-17-27)32-22-33(31-20-21-40-36(25-31)35-14-8-9-15-39(35)44-40)24-34(23-32)38-26-37(29-10-4-2-5-11-29)42-41(43-38)30-12-6-3-7-13-30/h2-26H,1H3. The second-order valence-corrected chi connectivity index (χ2v) is 11.2. The Balaban J connectivity index is 1.35. The molecule has 0 saturated heterocycles. The van der Waals surface area contributed by atoms with E-state index in [1.54, 1.807) is 0 Å². The van der Waals surface area contributed by atoms with Crippen LogP contribution in [-0.2, 0) is 0 Å². The summed E-state index contributed by atoms with van der Waals surface area (Å²) in [6.45, 7) is 2.12. The van der Waals surface area contributed by atoms with E-state index in [2.05, 4.69) is 110 Å². The van der Waals surface area contributed by atoms with E-state index in [-0.39, 0.29) is 0 Å². The second-order valence-electron chi connectivity index (χ2n) is 11.2. The first kappa shape index (κ1) is 25.9. The molecule has 44 heavy (non-hydrogen) atoms. The molecular weight excluding hydrogens is 536 g/mol. The normalized spacial score (nSPS) is 11.3. The van der Waals surface area contributed by atoms with Crippen LogP contribution in [0, 0.1) is 6.92 Å². The van der Waals surface area contributed by atoms with Crippen LogP contribution in [-0.4, -0.2) is 9.97 Å². The molecule has 0 spiro atoms. The van der Waals surface area contributed by atoms with Crippen LogP contribution >= 0.6 is 0 Å². The van der Waals surface area contributed by atoms with E-state index >= 15 is 0 Å². The van der Waals surface area contributed by atoms with Gasteiger partial charge in [-0.25, -0.2) is 9.97 Å². The van der Waals surface area contributed by atoms with Crippen LogP contribution in [0.1, 0.15) is 5.56 Å². The van der Waals surface area contributed by atoms with Gasteiger partial charge in [0.05, 0.1) is 11.4 Å². The summed E-state index contributed by atoms with van der Waals surface area (Å²) in [5, 5.41) is 2.23. The quantitative estimate of drug-likeness (QED) is 0.209. The van der Waals surface area contributed by atoms with Gasteiger partial charge in [0, 0.05) is 27.5 Å². The van der Waals surface area contributed by atoms with Gasteiger partial charge < -0.3 is 4.42 Å². The largest absolute Gasteiger partial charge is 0.456 e. The monoisotopic (exact) mass is 564 g/mol. The van der Waals surface area contributed by atoms with Crippen molar-refractivity contribution in [1.29, 1.82) is 0 Å². The molecule has 0 aliphatic rings. The maximum atomic E-state index is 6.13. The topological polar surface area (TPSA) is 38.9 Å². The maximum absolute atomic E-state index is 6.13. The number of nitrogens with zero attached hydrogens (tertiary/aromatic N) is 2. The summed E-state index contributed by atoms with van der Waals surface area (Å²) in [7, 11) is 0. The van der Waals surface area contributed by atoms with Crippen molar-refractivity contribution in [2.45, 2.75) is 6.92 Å².